The first kappa shape index (κ1) is 13.7. The monoisotopic (exact) mass is 285 g/mol. The Kier molecular flexibility index (Phi) is 3.92. The van der Waals surface area contributed by atoms with E-state index < -0.39 is 0 Å². The number of fused-ring (bicyclic) bond motifs is 1. The normalized spacial score (nSPS) is 11.6. The zero-order valence-electron chi connectivity index (χ0n) is 12.3. The highest BCUT2D eigenvalue weighted by molar-refractivity contribution is 5.29. The molecule has 0 aliphatic carbocycles. The van der Waals surface area contributed by atoms with Gasteiger partial charge in [0.25, 0.3) is 0 Å². The fourth-order valence-electron chi connectivity index (χ4n) is 2.11. The fourth-order valence-corrected chi connectivity index (χ4v) is 2.11. The molecule has 1 N–H and O–H groups in total. The minimum absolute atomic E-state index is 0.598. The molecule has 0 saturated heterocycles. The van der Waals surface area contributed by atoms with Gasteiger partial charge in [-0.15, -0.1) is 5.10 Å². The van der Waals surface area contributed by atoms with Crippen molar-refractivity contribution in [2.75, 3.05) is 6.54 Å². The lowest BCUT2D eigenvalue weighted by Crippen LogP contribution is -2.19. The van der Waals surface area contributed by atoms with E-state index in [1.54, 1.807) is 10.9 Å². The van der Waals surface area contributed by atoms with E-state index in [0.29, 0.717) is 18.2 Å². The number of nitrogens with one attached hydrogen (secondary N) is 1. The molecule has 3 heterocycles. The molecule has 0 bridgehead atoms. The van der Waals surface area contributed by atoms with Gasteiger partial charge in [-0.05, 0) is 18.5 Å². The Morgan fingerprint density at radius 1 is 1.24 bits per heavy atom. The maximum Gasteiger partial charge on any atom is 0.233 e. The molecule has 0 spiro atoms. The van der Waals surface area contributed by atoms with Crippen molar-refractivity contribution in [2.45, 2.75) is 26.9 Å². The molecule has 7 nitrogen and oxygen atoms in total. The highest BCUT2D eigenvalue weighted by Gasteiger charge is 2.05. The van der Waals surface area contributed by atoms with Crippen LogP contribution >= 0.6 is 0 Å². The molecule has 0 aliphatic rings. The Morgan fingerprint density at radius 3 is 2.95 bits per heavy atom. The van der Waals surface area contributed by atoms with E-state index in [-0.39, 0.29) is 0 Å². The molecule has 21 heavy (non-hydrogen) atoms. The fraction of sp³-hybridized carbons (Fsp3) is 0.429. The van der Waals surface area contributed by atoms with Gasteiger partial charge in [-0.1, -0.05) is 19.1 Å². The minimum Gasteiger partial charge on any atom is -0.311 e. The van der Waals surface area contributed by atoms with E-state index in [1.807, 2.05) is 29.1 Å². The van der Waals surface area contributed by atoms with Gasteiger partial charge in [0.1, 0.15) is 0 Å². The maximum absolute atomic E-state index is 4.45. The molecule has 0 saturated carbocycles. The number of hydrogen-bond acceptors (Lipinski definition) is 5. The SMILES string of the molecule is CC(C)CNCc1cn(Cc2cn3cccnc3n2)nn1. The van der Waals surface area contributed by atoms with Crippen molar-refractivity contribution in [1.29, 1.82) is 0 Å². The first-order valence-corrected chi connectivity index (χ1v) is 7.09. The zero-order chi connectivity index (χ0) is 14.7. The number of nitrogens with zero attached hydrogens (tertiary/aromatic N) is 6. The summed E-state index contributed by atoms with van der Waals surface area (Å²) in [6.45, 7) is 6.68. The van der Waals surface area contributed by atoms with Crippen LogP contribution < -0.4 is 5.32 Å². The van der Waals surface area contributed by atoms with E-state index in [0.717, 1.165) is 24.5 Å². The van der Waals surface area contributed by atoms with Gasteiger partial charge in [-0.25, -0.2) is 14.6 Å². The summed E-state index contributed by atoms with van der Waals surface area (Å²) >= 11 is 0. The molecule has 0 aromatic carbocycles. The van der Waals surface area contributed by atoms with E-state index in [1.165, 1.54) is 0 Å². The Morgan fingerprint density at radius 2 is 2.14 bits per heavy atom. The number of aromatic nitrogens is 6. The molecule has 0 aliphatic heterocycles. The van der Waals surface area contributed by atoms with Crippen LogP contribution in [-0.4, -0.2) is 35.9 Å². The Balaban J connectivity index is 1.63. The van der Waals surface area contributed by atoms with E-state index >= 15 is 0 Å². The summed E-state index contributed by atoms with van der Waals surface area (Å²) in [5.41, 5.74) is 1.86. The van der Waals surface area contributed by atoms with Gasteiger partial charge in [0.2, 0.25) is 5.78 Å². The molecule has 3 aromatic heterocycles. The molecule has 0 unspecified atom stereocenters. The lowest BCUT2D eigenvalue weighted by molar-refractivity contribution is 0.548. The van der Waals surface area contributed by atoms with Crippen LogP contribution in [-0.2, 0) is 13.1 Å². The van der Waals surface area contributed by atoms with Gasteiger partial charge in [0, 0.05) is 25.1 Å². The first-order valence-electron chi connectivity index (χ1n) is 7.09. The van der Waals surface area contributed by atoms with E-state index in [9.17, 15) is 0 Å². The molecule has 3 rings (SSSR count). The second-order valence-electron chi connectivity index (χ2n) is 5.49. The summed E-state index contributed by atoms with van der Waals surface area (Å²) in [6.07, 6.45) is 7.58. The number of rotatable bonds is 6. The van der Waals surface area contributed by atoms with Crippen LogP contribution in [0.2, 0.25) is 0 Å². The summed E-state index contributed by atoms with van der Waals surface area (Å²) in [5.74, 6) is 1.33. The number of imidazole rings is 1. The zero-order valence-corrected chi connectivity index (χ0v) is 12.3. The van der Waals surface area contributed by atoms with Crippen LogP contribution in [0.25, 0.3) is 5.78 Å². The molecule has 0 radical (unpaired) electrons. The van der Waals surface area contributed by atoms with Crippen LogP contribution in [0.5, 0.6) is 0 Å². The lowest BCUT2D eigenvalue weighted by atomic mass is 10.2. The van der Waals surface area contributed by atoms with E-state index in [2.05, 4.69) is 39.4 Å². The minimum atomic E-state index is 0.598. The van der Waals surface area contributed by atoms with Crippen molar-refractivity contribution in [3.05, 3.63) is 42.2 Å². The molecular formula is C14H19N7. The second-order valence-corrected chi connectivity index (χ2v) is 5.49. The number of hydrogen-bond donors (Lipinski definition) is 1. The molecule has 0 atom stereocenters. The summed E-state index contributed by atoms with van der Waals surface area (Å²) in [7, 11) is 0. The lowest BCUT2D eigenvalue weighted by Gasteiger charge is -2.04. The predicted molar refractivity (Wildman–Crippen MR) is 78.7 cm³/mol. The molecule has 7 heteroatoms. The van der Waals surface area contributed by atoms with Gasteiger partial charge in [0.15, 0.2) is 0 Å². The quantitative estimate of drug-likeness (QED) is 0.734. The van der Waals surface area contributed by atoms with Crippen LogP contribution in [0.3, 0.4) is 0 Å². The third-order valence-corrected chi connectivity index (χ3v) is 3.05. The molecule has 3 aromatic rings. The van der Waals surface area contributed by atoms with Crippen molar-refractivity contribution in [3.8, 4) is 0 Å². The van der Waals surface area contributed by atoms with Gasteiger partial charge in [-0.2, -0.15) is 0 Å². The maximum atomic E-state index is 4.45. The van der Waals surface area contributed by atoms with Gasteiger partial charge >= 0.3 is 0 Å². The topological polar surface area (TPSA) is 72.9 Å². The summed E-state index contributed by atoms with van der Waals surface area (Å²) < 4.78 is 3.70. The van der Waals surface area contributed by atoms with Crippen LogP contribution in [0.15, 0.2) is 30.9 Å². The highest BCUT2D eigenvalue weighted by atomic mass is 15.4. The third kappa shape index (κ3) is 3.43. The average Bonchev–Trinajstić information content (AvgIpc) is 3.04. The Hall–Kier alpha value is -2.28. The largest absolute Gasteiger partial charge is 0.311 e. The van der Waals surface area contributed by atoms with Gasteiger partial charge in [0.05, 0.1) is 24.1 Å². The van der Waals surface area contributed by atoms with E-state index in [4.69, 9.17) is 0 Å². The van der Waals surface area contributed by atoms with Crippen molar-refractivity contribution < 1.29 is 0 Å². The Bertz CT molecular complexity index is 680. The van der Waals surface area contributed by atoms with Crippen molar-refractivity contribution in [2.24, 2.45) is 5.92 Å². The third-order valence-electron chi connectivity index (χ3n) is 3.05. The van der Waals surface area contributed by atoms with Crippen molar-refractivity contribution in [1.82, 2.24) is 34.7 Å². The molecular weight excluding hydrogens is 266 g/mol. The van der Waals surface area contributed by atoms with Crippen LogP contribution in [0.1, 0.15) is 25.2 Å². The standard InChI is InChI=1S/C14H19N7/c1-11(2)6-15-7-12-9-21(19-18-12)10-13-8-20-5-3-4-16-14(20)17-13/h3-5,8-9,11,15H,6-7,10H2,1-2H3. The summed E-state index contributed by atoms with van der Waals surface area (Å²) in [5, 5.41) is 11.7. The Labute approximate surface area is 123 Å². The van der Waals surface area contributed by atoms with Crippen molar-refractivity contribution >= 4 is 5.78 Å². The predicted octanol–water partition coefficient (Wildman–Crippen LogP) is 1.11. The van der Waals surface area contributed by atoms with Crippen LogP contribution in [0, 0.1) is 5.92 Å². The summed E-state index contributed by atoms with van der Waals surface area (Å²) in [4.78, 5) is 8.65. The highest BCUT2D eigenvalue weighted by Crippen LogP contribution is 2.04. The first-order chi connectivity index (χ1) is 10.2. The van der Waals surface area contributed by atoms with Crippen LogP contribution in [0.4, 0.5) is 0 Å². The van der Waals surface area contributed by atoms with Crippen molar-refractivity contribution in [3.63, 3.8) is 0 Å². The average molecular weight is 285 g/mol. The second kappa shape index (κ2) is 6.01. The van der Waals surface area contributed by atoms with Gasteiger partial charge < -0.3 is 5.32 Å². The molecule has 110 valence electrons. The smallest absolute Gasteiger partial charge is 0.233 e. The molecule has 0 amide bonds. The van der Waals surface area contributed by atoms with Gasteiger partial charge in [-0.3, -0.25) is 4.40 Å². The molecule has 0 fully saturated rings. The summed E-state index contributed by atoms with van der Waals surface area (Å²) in [6, 6.07) is 1.88.